The number of hydrogen-bond acceptors (Lipinski definition) is 3. The third-order valence-corrected chi connectivity index (χ3v) is 3.88. The minimum Gasteiger partial charge on any atom is -0.268 e. The van der Waals surface area contributed by atoms with Crippen LogP contribution in [0.1, 0.15) is 11.1 Å². The van der Waals surface area contributed by atoms with E-state index < -0.39 is 0 Å². The summed E-state index contributed by atoms with van der Waals surface area (Å²) in [5.41, 5.74) is 3.28. The lowest BCUT2D eigenvalue weighted by Crippen LogP contribution is -2.02. The van der Waals surface area contributed by atoms with Crippen LogP contribution in [0.3, 0.4) is 0 Å². The number of rotatable bonds is 4. The number of hydrogen-bond donors (Lipinski definition) is 0. The van der Waals surface area contributed by atoms with Gasteiger partial charge in [-0.25, -0.2) is 4.98 Å². The average molecular weight is 324 g/mol. The molecule has 0 N–H and O–H groups in total. The maximum Gasteiger partial charge on any atom is 0.131 e. The summed E-state index contributed by atoms with van der Waals surface area (Å²) in [6.45, 7) is 1.50. The molecule has 0 aliphatic rings. The largest absolute Gasteiger partial charge is 0.268 e. The van der Waals surface area contributed by atoms with E-state index >= 15 is 0 Å². The van der Waals surface area contributed by atoms with Crippen molar-refractivity contribution in [1.82, 2.24) is 24.5 Å². The standard InChI is InChI=1S/C17H14ClN5/c18-17-8-16-15(9-19-17)12-23(21-16)11-14-4-2-13(3-5-14)10-22-7-1-6-20-22/h1-9,12H,10-11H2. The molecule has 0 fully saturated rings. The SMILES string of the molecule is Clc1cc2nn(Cc3ccc(Cn4cccn4)cc3)cc2cn1. The number of aromatic nitrogens is 5. The lowest BCUT2D eigenvalue weighted by Gasteiger charge is -2.05. The monoisotopic (exact) mass is 323 g/mol. The van der Waals surface area contributed by atoms with Crippen molar-refractivity contribution < 1.29 is 0 Å². The first-order valence-electron chi connectivity index (χ1n) is 7.30. The third-order valence-electron chi connectivity index (χ3n) is 3.67. The summed E-state index contributed by atoms with van der Waals surface area (Å²) in [6, 6.07) is 12.2. The maximum absolute atomic E-state index is 5.90. The molecule has 3 aromatic heterocycles. The molecular weight excluding hydrogens is 310 g/mol. The minimum absolute atomic E-state index is 0.464. The first kappa shape index (κ1) is 14.0. The molecule has 0 aliphatic carbocycles. The lowest BCUT2D eigenvalue weighted by atomic mass is 10.1. The first-order chi connectivity index (χ1) is 11.3. The summed E-state index contributed by atoms with van der Waals surface area (Å²) >= 11 is 5.90. The molecule has 114 valence electrons. The Labute approximate surface area is 138 Å². The van der Waals surface area contributed by atoms with Crippen LogP contribution in [-0.2, 0) is 13.1 Å². The number of pyridine rings is 1. The number of nitrogens with zero attached hydrogens (tertiary/aromatic N) is 5. The molecule has 0 amide bonds. The quantitative estimate of drug-likeness (QED) is 0.541. The van der Waals surface area contributed by atoms with Crippen LogP contribution in [0.2, 0.25) is 5.15 Å². The lowest BCUT2D eigenvalue weighted by molar-refractivity contribution is 0.682. The van der Waals surface area contributed by atoms with Gasteiger partial charge in [-0.2, -0.15) is 10.2 Å². The van der Waals surface area contributed by atoms with Gasteiger partial charge in [-0.15, -0.1) is 0 Å². The van der Waals surface area contributed by atoms with Gasteiger partial charge < -0.3 is 0 Å². The van der Waals surface area contributed by atoms with Crippen molar-refractivity contribution >= 4 is 22.5 Å². The highest BCUT2D eigenvalue weighted by molar-refractivity contribution is 6.29. The predicted molar refractivity (Wildman–Crippen MR) is 89.4 cm³/mol. The van der Waals surface area contributed by atoms with Gasteiger partial charge in [0, 0.05) is 36.2 Å². The van der Waals surface area contributed by atoms with Gasteiger partial charge in [0.15, 0.2) is 0 Å². The van der Waals surface area contributed by atoms with E-state index in [0.717, 1.165) is 17.4 Å². The van der Waals surface area contributed by atoms with Crippen LogP contribution in [-0.4, -0.2) is 24.5 Å². The van der Waals surface area contributed by atoms with Crippen molar-refractivity contribution in [2.75, 3.05) is 0 Å². The minimum atomic E-state index is 0.464. The first-order valence-corrected chi connectivity index (χ1v) is 7.68. The van der Waals surface area contributed by atoms with Crippen LogP contribution < -0.4 is 0 Å². The van der Waals surface area contributed by atoms with E-state index in [0.29, 0.717) is 11.7 Å². The van der Waals surface area contributed by atoms with Gasteiger partial charge in [-0.05, 0) is 17.2 Å². The number of fused-ring (bicyclic) bond motifs is 1. The number of benzene rings is 1. The molecule has 0 aliphatic heterocycles. The Morgan fingerprint density at radius 2 is 1.74 bits per heavy atom. The normalized spacial score (nSPS) is 11.2. The summed E-state index contributed by atoms with van der Waals surface area (Å²) in [4.78, 5) is 4.08. The maximum atomic E-state index is 5.90. The molecule has 6 heteroatoms. The molecule has 3 heterocycles. The molecular formula is C17H14ClN5. The second-order valence-corrected chi connectivity index (χ2v) is 5.80. The van der Waals surface area contributed by atoms with Crippen molar-refractivity contribution in [2.45, 2.75) is 13.1 Å². The summed E-state index contributed by atoms with van der Waals surface area (Å²) in [6.07, 6.45) is 7.48. The van der Waals surface area contributed by atoms with Gasteiger partial charge in [0.05, 0.1) is 18.6 Å². The van der Waals surface area contributed by atoms with Crippen molar-refractivity contribution in [3.05, 3.63) is 77.5 Å². The van der Waals surface area contributed by atoms with Gasteiger partial charge in [0.1, 0.15) is 5.15 Å². The van der Waals surface area contributed by atoms with Gasteiger partial charge in [-0.1, -0.05) is 35.9 Å². The molecule has 0 atom stereocenters. The average Bonchev–Trinajstić information content (AvgIpc) is 3.18. The Bertz CT molecular complexity index is 925. The van der Waals surface area contributed by atoms with E-state index in [1.54, 1.807) is 18.5 Å². The molecule has 1 aromatic carbocycles. The van der Waals surface area contributed by atoms with E-state index in [1.807, 2.05) is 27.8 Å². The fraction of sp³-hybridized carbons (Fsp3) is 0.118. The smallest absolute Gasteiger partial charge is 0.131 e. The molecule has 0 unspecified atom stereocenters. The zero-order valence-corrected chi connectivity index (χ0v) is 13.1. The van der Waals surface area contributed by atoms with Gasteiger partial charge in [0.2, 0.25) is 0 Å². The molecule has 5 nitrogen and oxygen atoms in total. The fourth-order valence-electron chi connectivity index (χ4n) is 2.54. The van der Waals surface area contributed by atoms with Crippen molar-refractivity contribution in [1.29, 1.82) is 0 Å². The van der Waals surface area contributed by atoms with E-state index in [9.17, 15) is 0 Å². The second kappa shape index (κ2) is 5.85. The fourth-order valence-corrected chi connectivity index (χ4v) is 2.70. The Kier molecular flexibility index (Phi) is 3.55. The van der Waals surface area contributed by atoms with Crippen molar-refractivity contribution in [3.63, 3.8) is 0 Å². The van der Waals surface area contributed by atoms with Crippen LogP contribution in [0.5, 0.6) is 0 Å². The molecule has 0 radical (unpaired) electrons. The van der Waals surface area contributed by atoms with E-state index in [4.69, 9.17) is 11.6 Å². The van der Waals surface area contributed by atoms with Gasteiger partial charge in [-0.3, -0.25) is 9.36 Å². The Morgan fingerprint density at radius 1 is 1.00 bits per heavy atom. The van der Waals surface area contributed by atoms with Gasteiger partial charge in [0.25, 0.3) is 0 Å². The van der Waals surface area contributed by atoms with Crippen LogP contribution in [0.15, 0.2) is 61.2 Å². The summed E-state index contributed by atoms with van der Waals surface area (Å²) in [5, 5.41) is 10.2. The molecule has 0 bridgehead atoms. The second-order valence-electron chi connectivity index (χ2n) is 5.41. The van der Waals surface area contributed by atoms with Crippen LogP contribution in [0.25, 0.3) is 10.9 Å². The highest BCUT2D eigenvalue weighted by Crippen LogP contribution is 2.16. The highest BCUT2D eigenvalue weighted by atomic mass is 35.5. The molecule has 23 heavy (non-hydrogen) atoms. The molecule has 0 spiro atoms. The van der Waals surface area contributed by atoms with Crippen LogP contribution in [0.4, 0.5) is 0 Å². The highest BCUT2D eigenvalue weighted by Gasteiger charge is 2.03. The van der Waals surface area contributed by atoms with E-state index in [1.165, 1.54) is 11.1 Å². The topological polar surface area (TPSA) is 48.5 Å². The predicted octanol–water partition coefficient (Wildman–Crippen LogP) is 3.38. The van der Waals surface area contributed by atoms with Crippen LogP contribution >= 0.6 is 11.6 Å². The van der Waals surface area contributed by atoms with Crippen molar-refractivity contribution in [2.24, 2.45) is 0 Å². The molecule has 0 saturated carbocycles. The van der Waals surface area contributed by atoms with Crippen molar-refractivity contribution in [3.8, 4) is 0 Å². The Hall–Kier alpha value is -2.66. The Morgan fingerprint density at radius 3 is 2.43 bits per heavy atom. The van der Waals surface area contributed by atoms with E-state index in [-0.39, 0.29) is 0 Å². The summed E-state index contributed by atoms with van der Waals surface area (Å²) in [7, 11) is 0. The molecule has 0 saturated heterocycles. The zero-order valence-electron chi connectivity index (χ0n) is 12.3. The zero-order chi connectivity index (χ0) is 15.6. The molecule has 4 rings (SSSR count). The number of halogens is 1. The summed E-state index contributed by atoms with van der Waals surface area (Å²) in [5.74, 6) is 0. The van der Waals surface area contributed by atoms with E-state index in [2.05, 4.69) is 39.4 Å². The summed E-state index contributed by atoms with van der Waals surface area (Å²) < 4.78 is 3.82. The van der Waals surface area contributed by atoms with Gasteiger partial charge >= 0.3 is 0 Å². The molecule has 4 aromatic rings. The third kappa shape index (κ3) is 3.10. The van der Waals surface area contributed by atoms with Crippen LogP contribution in [0, 0.1) is 0 Å². The Balaban J connectivity index is 1.51.